The van der Waals surface area contributed by atoms with E-state index in [0.717, 1.165) is 24.3 Å². The van der Waals surface area contributed by atoms with Crippen molar-refractivity contribution in [3.05, 3.63) is 24.3 Å². The summed E-state index contributed by atoms with van der Waals surface area (Å²) in [5.74, 6) is 0.893. The molecule has 0 heterocycles. The van der Waals surface area contributed by atoms with E-state index in [1.807, 2.05) is 24.3 Å². The van der Waals surface area contributed by atoms with Gasteiger partial charge in [-0.15, -0.1) is 0 Å². The van der Waals surface area contributed by atoms with Crippen LogP contribution in [0.2, 0.25) is 0 Å². The molecule has 3 nitrogen and oxygen atoms in total. The van der Waals surface area contributed by atoms with Crippen molar-refractivity contribution in [2.45, 2.75) is 25.0 Å². The fraction of sp³-hybridized carbons (Fsp3) is 0.500. The highest BCUT2D eigenvalue weighted by Crippen LogP contribution is 2.26. The maximum absolute atomic E-state index is 5.23. The number of ether oxygens (including phenoxy) is 2. The molecular weight excluding hydrogens is 190 g/mol. The van der Waals surface area contributed by atoms with Gasteiger partial charge in [0.2, 0.25) is 0 Å². The first-order valence-electron chi connectivity index (χ1n) is 5.25. The van der Waals surface area contributed by atoms with Crippen LogP contribution in [-0.2, 0) is 4.74 Å². The predicted molar refractivity (Wildman–Crippen MR) is 60.4 cm³/mol. The van der Waals surface area contributed by atoms with Gasteiger partial charge >= 0.3 is 0 Å². The number of rotatable bonds is 4. The van der Waals surface area contributed by atoms with Crippen LogP contribution in [-0.4, -0.2) is 26.4 Å². The highest BCUT2D eigenvalue weighted by atomic mass is 16.5. The van der Waals surface area contributed by atoms with Crippen molar-refractivity contribution in [3.63, 3.8) is 0 Å². The Balaban J connectivity index is 1.84. The molecule has 0 amide bonds. The summed E-state index contributed by atoms with van der Waals surface area (Å²) in [4.78, 5) is 0. The third-order valence-corrected chi connectivity index (χ3v) is 2.89. The molecule has 1 aliphatic carbocycles. The minimum Gasteiger partial charge on any atom is -0.497 e. The molecule has 2 rings (SSSR count). The Bertz CT molecular complexity index is 304. The Morgan fingerprint density at radius 1 is 1.13 bits per heavy atom. The van der Waals surface area contributed by atoms with Crippen molar-refractivity contribution < 1.29 is 9.47 Å². The van der Waals surface area contributed by atoms with E-state index in [-0.39, 0.29) is 0 Å². The first kappa shape index (κ1) is 10.3. The van der Waals surface area contributed by atoms with Crippen molar-refractivity contribution in [2.75, 3.05) is 19.5 Å². The summed E-state index contributed by atoms with van der Waals surface area (Å²) in [6, 6.07) is 8.57. The monoisotopic (exact) mass is 207 g/mol. The fourth-order valence-electron chi connectivity index (χ4n) is 1.80. The average molecular weight is 207 g/mol. The molecule has 1 aliphatic rings. The first-order chi connectivity index (χ1) is 7.31. The largest absolute Gasteiger partial charge is 0.497 e. The molecule has 3 heteroatoms. The zero-order valence-electron chi connectivity index (χ0n) is 9.19. The van der Waals surface area contributed by atoms with Gasteiger partial charge in [0.15, 0.2) is 0 Å². The zero-order chi connectivity index (χ0) is 10.7. The Labute approximate surface area is 90.4 Å². The summed E-state index contributed by atoms with van der Waals surface area (Å²) < 4.78 is 10.3. The normalized spacial score (nSPS) is 24.4. The first-order valence-corrected chi connectivity index (χ1v) is 5.25. The van der Waals surface area contributed by atoms with Gasteiger partial charge in [-0.05, 0) is 37.1 Å². The second-order valence-corrected chi connectivity index (χ2v) is 3.90. The third-order valence-electron chi connectivity index (χ3n) is 2.89. The molecule has 0 atom stereocenters. The van der Waals surface area contributed by atoms with Gasteiger partial charge < -0.3 is 14.8 Å². The molecule has 0 aromatic heterocycles. The summed E-state index contributed by atoms with van der Waals surface area (Å²) in [5.41, 5.74) is 1.15. The van der Waals surface area contributed by atoms with E-state index < -0.39 is 0 Å². The Hall–Kier alpha value is -1.22. The lowest BCUT2D eigenvalue weighted by atomic mass is 9.89. The quantitative estimate of drug-likeness (QED) is 0.821. The molecule has 15 heavy (non-hydrogen) atoms. The summed E-state index contributed by atoms with van der Waals surface area (Å²) in [6.45, 7) is 0. The van der Waals surface area contributed by atoms with Crippen LogP contribution >= 0.6 is 0 Å². The average Bonchev–Trinajstić information content (AvgIpc) is 2.23. The Morgan fingerprint density at radius 3 is 2.33 bits per heavy atom. The lowest BCUT2D eigenvalue weighted by Gasteiger charge is -2.35. The maximum atomic E-state index is 5.23. The molecule has 0 unspecified atom stereocenters. The molecule has 1 aromatic carbocycles. The summed E-state index contributed by atoms with van der Waals surface area (Å²) in [5, 5.41) is 3.46. The molecule has 0 spiro atoms. The fourth-order valence-corrected chi connectivity index (χ4v) is 1.80. The van der Waals surface area contributed by atoms with Gasteiger partial charge in [0.1, 0.15) is 5.75 Å². The van der Waals surface area contributed by atoms with Crippen molar-refractivity contribution in [3.8, 4) is 5.75 Å². The van der Waals surface area contributed by atoms with Gasteiger partial charge in [-0.3, -0.25) is 0 Å². The topological polar surface area (TPSA) is 30.5 Å². The molecule has 0 radical (unpaired) electrons. The van der Waals surface area contributed by atoms with Crippen molar-refractivity contribution in [2.24, 2.45) is 0 Å². The molecule has 0 aliphatic heterocycles. The maximum Gasteiger partial charge on any atom is 0.119 e. The van der Waals surface area contributed by atoms with Crippen LogP contribution in [0.4, 0.5) is 5.69 Å². The van der Waals surface area contributed by atoms with E-state index in [4.69, 9.17) is 9.47 Å². The Kier molecular flexibility index (Phi) is 3.11. The molecule has 1 N–H and O–H groups in total. The minimum atomic E-state index is 0.445. The van der Waals surface area contributed by atoms with Crippen LogP contribution in [0.3, 0.4) is 0 Å². The van der Waals surface area contributed by atoms with Crippen LogP contribution in [0.1, 0.15) is 12.8 Å². The van der Waals surface area contributed by atoms with Gasteiger partial charge in [0.25, 0.3) is 0 Å². The second-order valence-electron chi connectivity index (χ2n) is 3.90. The van der Waals surface area contributed by atoms with Gasteiger partial charge in [0.05, 0.1) is 13.2 Å². The summed E-state index contributed by atoms with van der Waals surface area (Å²) in [7, 11) is 3.45. The zero-order valence-corrected chi connectivity index (χ0v) is 9.19. The number of nitrogens with one attached hydrogen (secondary N) is 1. The van der Waals surface area contributed by atoms with Gasteiger partial charge in [-0.1, -0.05) is 0 Å². The molecule has 0 saturated heterocycles. The SMILES string of the molecule is COc1ccc(NC2CC(OC)C2)cc1. The number of benzene rings is 1. The van der Waals surface area contributed by atoms with E-state index in [1.54, 1.807) is 14.2 Å². The van der Waals surface area contributed by atoms with Gasteiger partial charge in [-0.25, -0.2) is 0 Å². The van der Waals surface area contributed by atoms with E-state index in [1.165, 1.54) is 0 Å². The number of hydrogen-bond donors (Lipinski definition) is 1. The molecule has 1 saturated carbocycles. The van der Waals surface area contributed by atoms with E-state index >= 15 is 0 Å². The predicted octanol–water partition coefficient (Wildman–Crippen LogP) is 2.28. The summed E-state index contributed by atoms with van der Waals surface area (Å²) >= 11 is 0. The lowest BCUT2D eigenvalue weighted by Crippen LogP contribution is -2.40. The Morgan fingerprint density at radius 2 is 1.80 bits per heavy atom. The van der Waals surface area contributed by atoms with E-state index in [9.17, 15) is 0 Å². The summed E-state index contributed by atoms with van der Waals surface area (Å²) in [6.07, 6.45) is 2.64. The molecule has 1 fully saturated rings. The highest BCUT2D eigenvalue weighted by Gasteiger charge is 2.28. The number of methoxy groups -OCH3 is 2. The standard InChI is InChI=1S/C12H17NO2/c1-14-11-5-3-9(4-6-11)13-10-7-12(8-10)15-2/h3-6,10,12-13H,7-8H2,1-2H3. The van der Waals surface area contributed by atoms with E-state index in [0.29, 0.717) is 12.1 Å². The van der Waals surface area contributed by atoms with Crippen LogP contribution in [0.15, 0.2) is 24.3 Å². The highest BCUT2D eigenvalue weighted by molar-refractivity contribution is 5.47. The molecule has 82 valence electrons. The lowest BCUT2D eigenvalue weighted by molar-refractivity contribution is 0.0329. The molecule has 0 bridgehead atoms. The van der Waals surface area contributed by atoms with Crippen molar-refractivity contribution >= 4 is 5.69 Å². The van der Waals surface area contributed by atoms with Crippen LogP contribution in [0.5, 0.6) is 5.75 Å². The van der Waals surface area contributed by atoms with Crippen LogP contribution < -0.4 is 10.1 Å². The molecule has 1 aromatic rings. The minimum absolute atomic E-state index is 0.445. The van der Waals surface area contributed by atoms with Crippen molar-refractivity contribution in [1.29, 1.82) is 0 Å². The second kappa shape index (κ2) is 4.53. The molecular formula is C12H17NO2. The number of anilines is 1. The van der Waals surface area contributed by atoms with Gasteiger partial charge in [0, 0.05) is 18.8 Å². The number of hydrogen-bond acceptors (Lipinski definition) is 3. The van der Waals surface area contributed by atoms with E-state index in [2.05, 4.69) is 5.32 Å². The van der Waals surface area contributed by atoms with Crippen LogP contribution in [0, 0.1) is 0 Å². The van der Waals surface area contributed by atoms with Gasteiger partial charge in [-0.2, -0.15) is 0 Å². The van der Waals surface area contributed by atoms with Crippen LogP contribution in [0.25, 0.3) is 0 Å². The third kappa shape index (κ3) is 2.42. The van der Waals surface area contributed by atoms with Crippen molar-refractivity contribution in [1.82, 2.24) is 0 Å². The smallest absolute Gasteiger partial charge is 0.119 e.